The maximum atomic E-state index is 4.93. The van der Waals surface area contributed by atoms with Gasteiger partial charge in [-0.15, -0.1) is 0 Å². The minimum atomic E-state index is 0.621. The molecule has 0 spiro atoms. The van der Waals surface area contributed by atoms with E-state index in [-0.39, 0.29) is 0 Å². The van der Waals surface area contributed by atoms with Crippen molar-refractivity contribution >= 4 is 54.5 Å². The van der Waals surface area contributed by atoms with Crippen molar-refractivity contribution in [3.8, 4) is 0 Å². The molecule has 3 aromatic heterocycles. The zero-order valence-electron chi connectivity index (χ0n) is 18.6. The van der Waals surface area contributed by atoms with Crippen LogP contribution in [0.2, 0.25) is 0 Å². The monoisotopic (exact) mass is 426 g/mol. The van der Waals surface area contributed by atoms with Crippen LogP contribution in [0.3, 0.4) is 0 Å². The Kier molecular flexibility index (Phi) is 3.71. The lowest BCUT2D eigenvalue weighted by molar-refractivity contribution is 0.795. The maximum absolute atomic E-state index is 4.93. The van der Waals surface area contributed by atoms with Gasteiger partial charge in [0, 0.05) is 50.7 Å². The fourth-order valence-corrected chi connectivity index (χ4v) is 5.47. The zero-order valence-corrected chi connectivity index (χ0v) is 18.6. The molecule has 0 N–H and O–H groups in total. The lowest BCUT2D eigenvalue weighted by Gasteiger charge is -2.11. The van der Waals surface area contributed by atoms with E-state index in [1.165, 1.54) is 43.6 Å². The number of rotatable bonds is 2. The largest absolute Gasteiger partial charge is 0.342 e. The van der Waals surface area contributed by atoms with Crippen LogP contribution >= 0.6 is 0 Å². The number of nitrogens with zero attached hydrogens (tertiary/aromatic N) is 4. The highest BCUT2D eigenvalue weighted by Crippen LogP contribution is 2.38. The molecule has 0 bridgehead atoms. The van der Waals surface area contributed by atoms with Crippen LogP contribution in [0.15, 0.2) is 84.9 Å². The van der Waals surface area contributed by atoms with Crippen molar-refractivity contribution in [1.29, 1.82) is 0 Å². The second-order valence-corrected chi connectivity index (χ2v) is 8.78. The van der Waals surface area contributed by atoms with Crippen molar-refractivity contribution in [3.63, 3.8) is 0 Å². The lowest BCUT2D eigenvalue weighted by atomic mass is 10.1. The van der Waals surface area contributed by atoms with Crippen LogP contribution in [0.25, 0.3) is 54.5 Å². The predicted octanol–water partition coefficient (Wildman–Crippen LogP) is 6.74. The minimum Gasteiger partial charge on any atom is -0.342 e. The highest BCUT2D eigenvalue weighted by atomic mass is 15.1. The van der Waals surface area contributed by atoms with E-state index in [0.717, 1.165) is 22.4 Å². The average molecular weight is 427 g/mol. The molecule has 158 valence electrons. The van der Waals surface area contributed by atoms with E-state index in [1.807, 2.05) is 12.1 Å². The summed E-state index contributed by atoms with van der Waals surface area (Å²) in [6.07, 6.45) is 0. The van der Waals surface area contributed by atoms with Gasteiger partial charge in [-0.1, -0.05) is 66.7 Å². The molecule has 0 fully saturated rings. The molecule has 4 aromatic carbocycles. The molecular formula is C29H22N4. The Morgan fingerprint density at radius 2 is 1.21 bits per heavy atom. The van der Waals surface area contributed by atoms with Crippen LogP contribution in [0.4, 0.5) is 0 Å². The molecule has 0 radical (unpaired) electrons. The van der Waals surface area contributed by atoms with Crippen molar-refractivity contribution in [2.24, 2.45) is 7.05 Å². The summed E-state index contributed by atoms with van der Waals surface area (Å²) in [5.74, 6) is 0.838. The van der Waals surface area contributed by atoms with Crippen molar-refractivity contribution in [1.82, 2.24) is 19.1 Å². The van der Waals surface area contributed by atoms with Crippen LogP contribution in [-0.4, -0.2) is 19.1 Å². The summed E-state index contributed by atoms with van der Waals surface area (Å²) in [6, 6.07) is 30.1. The zero-order chi connectivity index (χ0) is 22.1. The van der Waals surface area contributed by atoms with Crippen LogP contribution in [0.5, 0.6) is 0 Å². The summed E-state index contributed by atoms with van der Waals surface area (Å²) in [6.45, 7) is 2.69. The van der Waals surface area contributed by atoms with Gasteiger partial charge >= 0.3 is 0 Å². The number of fused-ring (bicyclic) bond motifs is 8. The summed E-state index contributed by atoms with van der Waals surface area (Å²) in [5.41, 5.74) is 6.96. The highest BCUT2D eigenvalue weighted by molar-refractivity contribution is 6.22. The molecule has 0 atom stereocenters. The number of hydrogen-bond acceptors (Lipinski definition) is 2. The molecule has 0 saturated heterocycles. The molecular weight excluding hydrogens is 404 g/mol. The Morgan fingerprint density at radius 3 is 2.00 bits per heavy atom. The highest BCUT2D eigenvalue weighted by Gasteiger charge is 2.19. The Hall–Kier alpha value is -4.18. The van der Waals surface area contributed by atoms with Gasteiger partial charge in [-0.05, 0) is 25.1 Å². The molecule has 0 unspecified atom stereocenters. The Bertz CT molecular complexity index is 1870. The fraction of sp³-hybridized carbons (Fsp3) is 0.103. The van der Waals surface area contributed by atoms with Gasteiger partial charge in [0.15, 0.2) is 0 Å². The third-order valence-corrected chi connectivity index (χ3v) is 6.94. The lowest BCUT2D eigenvalue weighted by Crippen LogP contribution is -2.06. The second-order valence-electron chi connectivity index (χ2n) is 8.78. The van der Waals surface area contributed by atoms with E-state index in [4.69, 9.17) is 9.97 Å². The summed E-state index contributed by atoms with van der Waals surface area (Å²) < 4.78 is 4.73. The van der Waals surface area contributed by atoms with Gasteiger partial charge in [0.05, 0.1) is 23.1 Å². The number of aryl methyl sites for hydroxylation is 2. The topological polar surface area (TPSA) is 35.6 Å². The van der Waals surface area contributed by atoms with Crippen molar-refractivity contribution in [3.05, 3.63) is 96.4 Å². The first-order valence-electron chi connectivity index (χ1n) is 11.3. The molecule has 0 aliphatic heterocycles. The molecule has 0 aliphatic carbocycles. The standard InChI is InChI=1S/C29H22N4/c1-18-19-9-3-6-12-24(19)31-27(30-18)17-33-26-14-8-5-11-21(26)23-16-15-22-20-10-4-7-13-25(20)32(2)28(22)29(23)33/h3-16H,17H2,1-2H3. The second kappa shape index (κ2) is 6.66. The summed E-state index contributed by atoms with van der Waals surface area (Å²) in [4.78, 5) is 9.83. The van der Waals surface area contributed by atoms with Gasteiger partial charge in [-0.2, -0.15) is 0 Å². The third kappa shape index (κ3) is 2.52. The molecule has 33 heavy (non-hydrogen) atoms. The Morgan fingerprint density at radius 1 is 0.606 bits per heavy atom. The molecule has 3 heterocycles. The van der Waals surface area contributed by atoms with E-state index in [1.54, 1.807) is 0 Å². The molecule has 7 aromatic rings. The molecule has 7 rings (SSSR count). The van der Waals surface area contributed by atoms with Gasteiger partial charge in [0.25, 0.3) is 0 Å². The van der Waals surface area contributed by atoms with Crippen LogP contribution in [0.1, 0.15) is 11.5 Å². The first-order chi connectivity index (χ1) is 16.2. The molecule has 0 saturated carbocycles. The van der Waals surface area contributed by atoms with E-state index in [0.29, 0.717) is 6.54 Å². The van der Waals surface area contributed by atoms with Crippen LogP contribution in [-0.2, 0) is 13.6 Å². The number of benzene rings is 4. The minimum absolute atomic E-state index is 0.621. The molecule has 4 nitrogen and oxygen atoms in total. The van der Waals surface area contributed by atoms with Crippen LogP contribution < -0.4 is 0 Å². The fourth-order valence-electron chi connectivity index (χ4n) is 5.47. The van der Waals surface area contributed by atoms with E-state index >= 15 is 0 Å². The van der Waals surface area contributed by atoms with Gasteiger partial charge in [0.1, 0.15) is 5.82 Å². The van der Waals surface area contributed by atoms with Crippen molar-refractivity contribution in [2.75, 3.05) is 0 Å². The van der Waals surface area contributed by atoms with Gasteiger partial charge in [-0.25, -0.2) is 9.97 Å². The summed E-state index contributed by atoms with van der Waals surface area (Å²) in [7, 11) is 2.17. The predicted molar refractivity (Wildman–Crippen MR) is 137 cm³/mol. The smallest absolute Gasteiger partial charge is 0.148 e. The third-order valence-electron chi connectivity index (χ3n) is 6.94. The average Bonchev–Trinajstić information content (AvgIpc) is 3.32. The van der Waals surface area contributed by atoms with Crippen LogP contribution in [0, 0.1) is 6.92 Å². The van der Waals surface area contributed by atoms with E-state index in [9.17, 15) is 0 Å². The molecule has 0 amide bonds. The first kappa shape index (κ1) is 18.4. The first-order valence-corrected chi connectivity index (χ1v) is 11.3. The SMILES string of the molecule is Cc1nc(Cn2c3ccccc3c3ccc4c5ccccc5n(C)c4c32)nc2ccccc12. The number of aromatic nitrogens is 4. The Balaban J connectivity index is 1.59. The quantitative estimate of drug-likeness (QED) is 0.307. The maximum Gasteiger partial charge on any atom is 0.148 e. The Labute approximate surface area is 190 Å². The van der Waals surface area contributed by atoms with Gasteiger partial charge in [0.2, 0.25) is 0 Å². The molecule has 4 heteroatoms. The van der Waals surface area contributed by atoms with Crippen molar-refractivity contribution in [2.45, 2.75) is 13.5 Å². The van der Waals surface area contributed by atoms with Gasteiger partial charge < -0.3 is 9.13 Å². The van der Waals surface area contributed by atoms with E-state index in [2.05, 4.69) is 95.9 Å². The summed E-state index contributed by atoms with van der Waals surface area (Å²) >= 11 is 0. The summed E-state index contributed by atoms with van der Waals surface area (Å²) in [5, 5.41) is 6.20. The number of hydrogen-bond donors (Lipinski definition) is 0. The molecule has 0 aliphatic rings. The normalized spacial score (nSPS) is 12.1. The van der Waals surface area contributed by atoms with Gasteiger partial charge in [-0.3, -0.25) is 0 Å². The van der Waals surface area contributed by atoms with Crippen molar-refractivity contribution < 1.29 is 0 Å². The number of para-hydroxylation sites is 3. The van der Waals surface area contributed by atoms with E-state index < -0.39 is 0 Å².